The number of aliphatic hydroxyl groups excluding tert-OH is 1. The average molecular weight is 195 g/mol. The Morgan fingerprint density at radius 3 is 2.36 bits per heavy atom. The average Bonchev–Trinajstić information content (AvgIpc) is 2.19. The van der Waals surface area contributed by atoms with E-state index in [1.165, 1.54) is 0 Å². The molecule has 3 heteroatoms. The van der Waals surface area contributed by atoms with Crippen LogP contribution in [0.3, 0.4) is 0 Å². The molecular weight excluding hydrogens is 178 g/mol. The van der Waals surface area contributed by atoms with Gasteiger partial charge in [-0.25, -0.2) is 0 Å². The number of aliphatic hydroxyl groups is 1. The Labute approximate surface area is 84.5 Å². The minimum Gasteiger partial charge on any atom is -0.494 e. The van der Waals surface area contributed by atoms with Crippen LogP contribution in [-0.4, -0.2) is 18.3 Å². The molecule has 1 aromatic rings. The van der Waals surface area contributed by atoms with Gasteiger partial charge >= 0.3 is 0 Å². The zero-order chi connectivity index (χ0) is 10.6. The lowest BCUT2D eigenvalue weighted by molar-refractivity contribution is 0.210. The lowest BCUT2D eigenvalue weighted by atomic mass is 9.94. The second-order valence-corrected chi connectivity index (χ2v) is 3.53. The highest BCUT2D eigenvalue weighted by molar-refractivity contribution is 5.31. The molecule has 3 N–H and O–H groups in total. The summed E-state index contributed by atoms with van der Waals surface area (Å²) in [7, 11) is 0. The highest BCUT2D eigenvalue weighted by Crippen LogP contribution is 2.20. The van der Waals surface area contributed by atoms with Gasteiger partial charge in [-0.1, -0.05) is 12.1 Å². The summed E-state index contributed by atoms with van der Waals surface area (Å²) in [5.41, 5.74) is 6.10. The molecule has 3 nitrogen and oxygen atoms in total. The maximum atomic E-state index is 9.06. The summed E-state index contributed by atoms with van der Waals surface area (Å²) in [6.07, 6.45) is 0. The van der Waals surface area contributed by atoms with Crippen LogP contribution in [0.1, 0.15) is 19.4 Å². The molecule has 78 valence electrons. The Kier molecular flexibility index (Phi) is 3.49. The van der Waals surface area contributed by atoms with Crippen molar-refractivity contribution < 1.29 is 9.84 Å². The van der Waals surface area contributed by atoms with Crippen molar-refractivity contribution in [3.63, 3.8) is 0 Å². The molecule has 0 bridgehead atoms. The fourth-order valence-corrected chi connectivity index (χ4v) is 1.19. The third-order valence-corrected chi connectivity index (χ3v) is 2.15. The maximum Gasteiger partial charge on any atom is 0.119 e. The van der Waals surface area contributed by atoms with Crippen LogP contribution in [0, 0.1) is 0 Å². The summed E-state index contributed by atoms with van der Waals surface area (Å²) < 4.78 is 5.30. The molecule has 0 aromatic heterocycles. The van der Waals surface area contributed by atoms with Gasteiger partial charge in [-0.2, -0.15) is 0 Å². The monoisotopic (exact) mass is 195 g/mol. The van der Waals surface area contributed by atoms with Crippen LogP contribution in [0.4, 0.5) is 0 Å². The smallest absolute Gasteiger partial charge is 0.119 e. The van der Waals surface area contributed by atoms with E-state index in [1.807, 2.05) is 31.2 Å². The van der Waals surface area contributed by atoms with Crippen LogP contribution in [-0.2, 0) is 5.54 Å². The third kappa shape index (κ3) is 2.47. The largest absolute Gasteiger partial charge is 0.494 e. The van der Waals surface area contributed by atoms with Crippen molar-refractivity contribution in [2.75, 3.05) is 13.2 Å². The number of hydrogen-bond donors (Lipinski definition) is 2. The minimum absolute atomic E-state index is 0.0685. The molecule has 0 spiro atoms. The van der Waals surface area contributed by atoms with Gasteiger partial charge in [0.05, 0.1) is 18.8 Å². The SMILES string of the molecule is CCOc1ccc([C@](C)(N)CO)cc1. The molecule has 0 amide bonds. The van der Waals surface area contributed by atoms with Gasteiger partial charge in [0.15, 0.2) is 0 Å². The van der Waals surface area contributed by atoms with E-state index in [0.717, 1.165) is 11.3 Å². The summed E-state index contributed by atoms with van der Waals surface area (Å²) in [6.45, 7) is 4.32. The van der Waals surface area contributed by atoms with E-state index < -0.39 is 5.54 Å². The first kappa shape index (κ1) is 11.0. The predicted molar refractivity (Wildman–Crippen MR) is 56.2 cm³/mol. The van der Waals surface area contributed by atoms with Gasteiger partial charge in [-0.15, -0.1) is 0 Å². The molecule has 0 radical (unpaired) electrons. The first-order valence-corrected chi connectivity index (χ1v) is 4.73. The van der Waals surface area contributed by atoms with E-state index in [1.54, 1.807) is 6.92 Å². The van der Waals surface area contributed by atoms with E-state index in [2.05, 4.69) is 0 Å². The summed E-state index contributed by atoms with van der Waals surface area (Å²) in [4.78, 5) is 0. The van der Waals surface area contributed by atoms with Crippen LogP contribution in [0.25, 0.3) is 0 Å². The van der Waals surface area contributed by atoms with Crippen LogP contribution in [0.5, 0.6) is 5.75 Å². The molecule has 1 atom stereocenters. The summed E-state index contributed by atoms with van der Waals surface area (Å²) in [6, 6.07) is 7.47. The number of benzene rings is 1. The lowest BCUT2D eigenvalue weighted by Gasteiger charge is -2.22. The number of rotatable bonds is 4. The zero-order valence-electron chi connectivity index (χ0n) is 8.66. The Balaban J connectivity index is 2.82. The van der Waals surface area contributed by atoms with Crippen molar-refractivity contribution in [1.82, 2.24) is 0 Å². The van der Waals surface area contributed by atoms with Gasteiger partial charge in [-0.3, -0.25) is 0 Å². The summed E-state index contributed by atoms with van der Waals surface area (Å²) in [5.74, 6) is 0.824. The van der Waals surface area contributed by atoms with Crippen LogP contribution in [0.15, 0.2) is 24.3 Å². The van der Waals surface area contributed by atoms with E-state index in [4.69, 9.17) is 15.6 Å². The third-order valence-electron chi connectivity index (χ3n) is 2.15. The van der Waals surface area contributed by atoms with Gasteiger partial charge in [0.25, 0.3) is 0 Å². The van der Waals surface area contributed by atoms with E-state index in [9.17, 15) is 0 Å². The van der Waals surface area contributed by atoms with Crippen molar-refractivity contribution in [2.45, 2.75) is 19.4 Å². The van der Waals surface area contributed by atoms with E-state index >= 15 is 0 Å². The highest BCUT2D eigenvalue weighted by Gasteiger charge is 2.19. The minimum atomic E-state index is -0.676. The molecular formula is C11H17NO2. The fraction of sp³-hybridized carbons (Fsp3) is 0.455. The molecule has 14 heavy (non-hydrogen) atoms. The molecule has 0 saturated heterocycles. The summed E-state index contributed by atoms with van der Waals surface area (Å²) in [5, 5.41) is 9.06. The number of hydrogen-bond acceptors (Lipinski definition) is 3. The van der Waals surface area contributed by atoms with Gasteiger partial charge in [0.1, 0.15) is 5.75 Å². The van der Waals surface area contributed by atoms with Gasteiger partial charge in [0.2, 0.25) is 0 Å². The Hall–Kier alpha value is -1.06. The number of nitrogens with two attached hydrogens (primary N) is 1. The topological polar surface area (TPSA) is 55.5 Å². The van der Waals surface area contributed by atoms with Gasteiger partial charge in [-0.05, 0) is 31.5 Å². The van der Waals surface area contributed by atoms with Gasteiger partial charge in [0, 0.05) is 0 Å². The molecule has 0 aliphatic carbocycles. The van der Waals surface area contributed by atoms with Crippen LogP contribution < -0.4 is 10.5 Å². The molecule has 1 aromatic carbocycles. The van der Waals surface area contributed by atoms with Crippen LogP contribution >= 0.6 is 0 Å². The van der Waals surface area contributed by atoms with Crippen molar-refractivity contribution in [1.29, 1.82) is 0 Å². The van der Waals surface area contributed by atoms with Crippen LogP contribution in [0.2, 0.25) is 0 Å². The molecule has 0 saturated carbocycles. The predicted octanol–water partition coefficient (Wildman–Crippen LogP) is 1.25. The van der Waals surface area contributed by atoms with Crippen molar-refractivity contribution in [3.8, 4) is 5.75 Å². The second kappa shape index (κ2) is 4.44. The van der Waals surface area contributed by atoms with E-state index in [-0.39, 0.29) is 6.61 Å². The standard InChI is InChI=1S/C11H17NO2/c1-3-14-10-6-4-9(5-7-10)11(2,12)8-13/h4-7,13H,3,8,12H2,1-2H3/t11-/m1/s1. The molecule has 0 heterocycles. The fourth-order valence-electron chi connectivity index (χ4n) is 1.19. The van der Waals surface area contributed by atoms with Crippen molar-refractivity contribution in [2.24, 2.45) is 5.73 Å². The normalized spacial score (nSPS) is 14.9. The number of ether oxygens (including phenoxy) is 1. The zero-order valence-corrected chi connectivity index (χ0v) is 8.66. The first-order valence-electron chi connectivity index (χ1n) is 4.73. The van der Waals surface area contributed by atoms with Crippen molar-refractivity contribution >= 4 is 0 Å². The quantitative estimate of drug-likeness (QED) is 0.760. The Bertz CT molecular complexity index is 280. The summed E-state index contributed by atoms with van der Waals surface area (Å²) >= 11 is 0. The molecule has 0 aliphatic heterocycles. The molecule has 0 fully saturated rings. The molecule has 0 unspecified atom stereocenters. The maximum absolute atomic E-state index is 9.06. The van der Waals surface area contributed by atoms with Crippen molar-refractivity contribution in [3.05, 3.63) is 29.8 Å². The lowest BCUT2D eigenvalue weighted by Crippen LogP contribution is -2.36. The van der Waals surface area contributed by atoms with E-state index in [0.29, 0.717) is 6.61 Å². The van der Waals surface area contributed by atoms with Gasteiger partial charge < -0.3 is 15.6 Å². The molecule has 1 rings (SSSR count). The Morgan fingerprint density at radius 2 is 1.93 bits per heavy atom. The highest BCUT2D eigenvalue weighted by atomic mass is 16.5. The molecule has 0 aliphatic rings. The second-order valence-electron chi connectivity index (χ2n) is 3.53. The Morgan fingerprint density at radius 1 is 1.36 bits per heavy atom. The first-order chi connectivity index (χ1) is 6.60.